The van der Waals surface area contributed by atoms with Gasteiger partial charge in [0.15, 0.2) is 0 Å². The van der Waals surface area contributed by atoms with Gasteiger partial charge >= 0.3 is 0 Å². The predicted molar refractivity (Wildman–Crippen MR) is 64.6 cm³/mol. The number of benzene rings is 1. The summed E-state index contributed by atoms with van der Waals surface area (Å²) in [5, 5.41) is 9.78. The second-order valence-electron chi connectivity index (χ2n) is 4.82. The van der Waals surface area contributed by atoms with Gasteiger partial charge < -0.3 is 5.11 Å². The van der Waals surface area contributed by atoms with Crippen LogP contribution in [-0.2, 0) is 14.5 Å². The highest BCUT2D eigenvalue weighted by atomic mass is 35.7. The molecule has 0 aliphatic carbocycles. The minimum atomic E-state index is -3.77. The van der Waals surface area contributed by atoms with E-state index in [-0.39, 0.29) is 16.1 Å². The van der Waals surface area contributed by atoms with Gasteiger partial charge in [-0.2, -0.15) is 0 Å². The van der Waals surface area contributed by atoms with Crippen molar-refractivity contribution in [1.29, 1.82) is 0 Å². The van der Waals surface area contributed by atoms with Crippen LogP contribution in [-0.4, -0.2) is 13.5 Å². The minimum absolute atomic E-state index is 0.0527. The summed E-state index contributed by atoms with van der Waals surface area (Å²) < 4.78 is 22.7. The molecule has 1 aromatic rings. The molecular weight excluding hydrogens is 248 g/mol. The molecule has 16 heavy (non-hydrogen) atoms. The first-order valence-electron chi connectivity index (χ1n) is 4.82. The summed E-state index contributed by atoms with van der Waals surface area (Å²) in [6.45, 7) is 7.27. The summed E-state index contributed by atoms with van der Waals surface area (Å²) in [6.07, 6.45) is 0. The summed E-state index contributed by atoms with van der Waals surface area (Å²) in [7, 11) is 1.56. The maximum Gasteiger partial charge on any atom is 0.261 e. The van der Waals surface area contributed by atoms with Crippen molar-refractivity contribution >= 4 is 19.7 Å². The van der Waals surface area contributed by atoms with E-state index in [4.69, 9.17) is 10.7 Å². The van der Waals surface area contributed by atoms with Crippen molar-refractivity contribution in [3.8, 4) is 5.75 Å². The van der Waals surface area contributed by atoms with Gasteiger partial charge in [0.2, 0.25) is 0 Å². The van der Waals surface area contributed by atoms with E-state index in [2.05, 4.69) is 0 Å². The molecular formula is C11H15ClO3S. The molecule has 0 saturated heterocycles. The molecule has 0 aliphatic heterocycles. The van der Waals surface area contributed by atoms with E-state index in [0.29, 0.717) is 11.1 Å². The van der Waals surface area contributed by atoms with E-state index >= 15 is 0 Å². The number of aryl methyl sites for hydroxylation is 1. The fourth-order valence-electron chi connectivity index (χ4n) is 1.54. The van der Waals surface area contributed by atoms with Crippen molar-refractivity contribution in [3.63, 3.8) is 0 Å². The summed E-state index contributed by atoms with van der Waals surface area (Å²) in [5.74, 6) is 0.0917. The van der Waals surface area contributed by atoms with Crippen LogP contribution in [0.5, 0.6) is 5.75 Å². The molecule has 90 valence electrons. The molecule has 0 unspecified atom stereocenters. The van der Waals surface area contributed by atoms with Crippen LogP contribution in [0.2, 0.25) is 0 Å². The first kappa shape index (κ1) is 13.3. The number of aromatic hydroxyl groups is 1. The molecule has 0 atom stereocenters. The Kier molecular flexibility index (Phi) is 3.27. The maximum atomic E-state index is 11.3. The molecule has 1 N–H and O–H groups in total. The molecule has 0 bridgehead atoms. The minimum Gasteiger partial charge on any atom is -0.508 e. The Morgan fingerprint density at radius 3 is 2.12 bits per heavy atom. The Bertz CT molecular complexity index is 513. The van der Waals surface area contributed by atoms with Crippen molar-refractivity contribution in [1.82, 2.24) is 0 Å². The average Bonchev–Trinajstić information content (AvgIpc) is 1.97. The normalized spacial score (nSPS) is 12.8. The second kappa shape index (κ2) is 3.93. The van der Waals surface area contributed by atoms with Gasteiger partial charge in [-0.05, 0) is 30.0 Å². The zero-order chi connectivity index (χ0) is 12.7. The molecule has 0 spiro atoms. The smallest absolute Gasteiger partial charge is 0.261 e. The van der Waals surface area contributed by atoms with Crippen molar-refractivity contribution in [2.45, 2.75) is 38.0 Å². The first-order valence-corrected chi connectivity index (χ1v) is 7.13. The highest BCUT2D eigenvalue weighted by Crippen LogP contribution is 2.35. The zero-order valence-electron chi connectivity index (χ0n) is 9.70. The number of hydrogen-bond donors (Lipinski definition) is 1. The van der Waals surface area contributed by atoms with Crippen LogP contribution in [0.4, 0.5) is 0 Å². The molecule has 5 heteroatoms. The lowest BCUT2D eigenvalue weighted by Crippen LogP contribution is -2.12. The molecule has 0 amide bonds. The number of hydrogen-bond acceptors (Lipinski definition) is 3. The zero-order valence-corrected chi connectivity index (χ0v) is 11.3. The third-order valence-corrected chi connectivity index (χ3v) is 3.83. The first-order chi connectivity index (χ1) is 7.03. The van der Waals surface area contributed by atoms with E-state index in [1.54, 1.807) is 6.92 Å². The molecule has 0 radical (unpaired) electrons. The standard InChI is InChI=1S/C11H15ClO3S/c1-7-5-9(13)8(11(2,3)4)6-10(7)16(12,14)15/h5-6,13H,1-4H3. The van der Waals surface area contributed by atoms with Gasteiger partial charge in [-0.25, -0.2) is 8.42 Å². The summed E-state index contributed by atoms with van der Waals surface area (Å²) in [4.78, 5) is 0.0527. The third kappa shape index (κ3) is 2.68. The lowest BCUT2D eigenvalue weighted by atomic mass is 9.86. The lowest BCUT2D eigenvalue weighted by molar-refractivity contribution is 0.445. The largest absolute Gasteiger partial charge is 0.508 e. The molecule has 0 saturated carbocycles. The fourth-order valence-corrected chi connectivity index (χ4v) is 2.74. The number of phenols is 1. The second-order valence-corrected chi connectivity index (χ2v) is 7.36. The molecule has 1 rings (SSSR count). The predicted octanol–water partition coefficient (Wildman–Crippen LogP) is 2.93. The van der Waals surface area contributed by atoms with Gasteiger partial charge in [0.05, 0.1) is 4.90 Å². The Morgan fingerprint density at radius 1 is 1.25 bits per heavy atom. The highest BCUT2D eigenvalue weighted by molar-refractivity contribution is 8.13. The molecule has 0 heterocycles. The number of rotatable bonds is 1. The lowest BCUT2D eigenvalue weighted by Gasteiger charge is -2.21. The number of phenolic OH excluding ortho intramolecular Hbond substituents is 1. The van der Waals surface area contributed by atoms with Crippen LogP contribution in [0, 0.1) is 6.92 Å². The van der Waals surface area contributed by atoms with Crippen molar-refractivity contribution in [3.05, 3.63) is 23.3 Å². The van der Waals surface area contributed by atoms with E-state index in [1.165, 1.54) is 12.1 Å². The van der Waals surface area contributed by atoms with E-state index in [1.807, 2.05) is 20.8 Å². The molecule has 3 nitrogen and oxygen atoms in total. The highest BCUT2D eigenvalue weighted by Gasteiger charge is 2.23. The number of halogens is 1. The monoisotopic (exact) mass is 262 g/mol. The summed E-state index contributed by atoms with van der Waals surface area (Å²) in [5.41, 5.74) is 0.673. The molecule has 0 aliphatic rings. The Hall–Kier alpha value is -0.740. The van der Waals surface area contributed by atoms with Gasteiger partial charge in [0.1, 0.15) is 5.75 Å². The van der Waals surface area contributed by atoms with Crippen molar-refractivity contribution in [2.75, 3.05) is 0 Å². The molecule has 1 aromatic carbocycles. The Labute approximate surface area is 100 Å². The maximum absolute atomic E-state index is 11.3. The Balaban J connectivity index is 3.58. The van der Waals surface area contributed by atoms with Crippen molar-refractivity contribution in [2.24, 2.45) is 0 Å². The fraction of sp³-hybridized carbons (Fsp3) is 0.455. The molecule has 0 fully saturated rings. The van der Waals surface area contributed by atoms with Crippen LogP contribution >= 0.6 is 10.7 Å². The quantitative estimate of drug-likeness (QED) is 0.792. The van der Waals surface area contributed by atoms with Crippen molar-refractivity contribution < 1.29 is 13.5 Å². The topological polar surface area (TPSA) is 54.4 Å². The molecule has 0 aromatic heterocycles. The van der Waals surface area contributed by atoms with Crippen LogP contribution in [0.15, 0.2) is 17.0 Å². The van der Waals surface area contributed by atoms with Gasteiger partial charge in [-0.3, -0.25) is 0 Å². The van der Waals surface area contributed by atoms with Crippen LogP contribution < -0.4 is 0 Å². The summed E-state index contributed by atoms with van der Waals surface area (Å²) >= 11 is 0. The van der Waals surface area contributed by atoms with E-state index in [9.17, 15) is 13.5 Å². The average molecular weight is 263 g/mol. The van der Waals surface area contributed by atoms with Crippen LogP contribution in [0.3, 0.4) is 0 Å². The van der Waals surface area contributed by atoms with Crippen LogP contribution in [0.1, 0.15) is 31.9 Å². The SMILES string of the molecule is Cc1cc(O)c(C(C)(C)C)cc1S(=O)(=O)Cl. The van der Waals surface area contributed by atoms with Gasteiger partial charge in [0.25, 0.3) is 9.05 Å². The summed E-state index contributed by atoms with van der Waals surface area (Å²) in [6, 6.07) is 2.86. The van der Waals surface area contributed by atoms with E-state index < -0.39 is 9.05 Å². The van der Waals surface area contributed by atoms with Gasteiger partial charge in [0, 0.05) is 16.2 Å². The third-order valence-electron chi connectivity index (χ3n) is 2.36. The van der Waals surface area contributed by atoms with Gasteiger partial charge in [-0.15, -0.1) is 0 Å². The van der Waals surface area contributed by atoms with Gasteiger partial charge in [-0.1, -0.05) is 20.8 Å². The van der Waals surface area contributed by atoms with Crippen LogP contribution in [0.25, 0.3) is 0 Å². The Morgan fingerprint density at radius 2 is 1.75 bits per heavy atom. The van der Waals surface area contributed by atoms with E-state index in [0.717, 1.165) is 0 Å².